The lowest BCUT2D eigenvalue weighted by Crippen LogP contribution is -2.31. The Morgan fingerprint density at radius 3 is 2.27 bits per heavy atom. The topological polar surface area (TPSA) is 112 Å². The van der Waals surface area contributed by atoms with Crippen molar-refractivity contribution in [3.05, 3.63) is 75.1 Å². The molecule has 4 rings (SSSR count). The molecule has 0 amide bonds. The van der Waals surface area contributed by atoms with Crippen molar-refractivity contribution in [1.82, 2.24) is 9.97 Å². The highest BCUT2D eigenvalue weighted by molar-refractivity contribution is 7.99. The number of hydrogen-bond donors (Lipinski definition) is 2. The maximum atomic E-state index is 13.5. The van der Waals surface area contributed by atoms with Crippen LogP contribution >= 0.6 is 11.8 Å². The molecule has 1 unspecified atom stereocenters. The van der Waals surface area contributed by atoms with Gasteiger partial charge in [-0.1, -0.05) is 49.0 Å². The normalized spacial score (nSPS) is 14.5. The van der Waals surface area contributed by atoms with Crippen LogP contribution < -0.4 is 25.1 Å². The number of rotatable bonds is 9. The van der Waals surface area contributed by atoms with Crippen molar-refractivity contribution in [2.75, 3.05) is 39.0 Å². The largest absolute Gasteiger partial charge is 0.493 e. The van der Waals surface area contributed by atoms with Crippen molar-refractivity contribution in [3.63, 3.8) is 0 Å². The maximum Gasteiger partial charge on any atom is 0.337 e. The van der Waals surface area contributed by atoms with Crippen LogP contribution in [0.4, 0.5) is 5.82 Å². The van der Waals surface area contributed by atoms with Crippen molar-refractivity contribution in [2.45, 2.75) is 24.9 Å². The number of methoxy groups -OCH3 is 3. The van der Waals surface area contributed by atoms with Gasteiger partial charge < -0.3 is 29.2 Å². The standard InChI is InChI=1S/C27H29N3O6S/c1-6-36-26(32)20-19(16-13-17(33-3)23(35-5)18(14-16)34-4)21-24(29-27(37-7-2)30-25(21)31)28-22(20)15-11-9-8-10-12-15/h8-14,19H,6-7H2,1-5H3,(H2,28,29,30,31). The van der Waals surface area contributed by atoms with Gasteiger partial charge in [0.15, 0.2) is 16.7 Å². The van der Waals surface area contributed by atoms with Crippen LogP contribution in [0.2, 0.25) is 0 Å². The van der Waals surface area contributed by atoms with Crippen LogP contribution in [0, 0.1) is 0 Å². The summed E-state index contributed by atoms with van der Waals surface area (Å²) in [7, 11) is 4.54. The molecular weight excluding hydrogens is 494 g/mol. The molecule has 37 heavy (non-hydrogen) atoms. The van der Waals surface area contributed by atoms with Crippen molar-refractivity contribution in [3.8, 4) is 17.2 Å². The summed E-state index contributed by atoms with van der Waals surface area (Å²) in [6.07, 6.45) is 0. The molecule has 10 heteroatoms. The van der Waals surface area contributed by atoms with E-state index in [1.165, 1.54) is 33.1 Å². The highest BCUT2D eigenvalue weighted by Gasteiger charge is 2.39. The number of H-pyrrole nitrogens is 1. The van der Waals surface area contributed by atoms with Gasteiger partial charge in [0.2, 0.25) is 5.75 Å². The number of fused-ring (bicyclic) bond motifs is 1. The van der Waals surface area contributed by atoms with Crippen LogP contribution in [0.25, 0.3) is 5.70 Å². The SMILES string of the molecule is CCOC(=O)C1=C(c2ccccc2)Nc2nc(SCC)[nH]c(=O)c2C1c1cc(OC)c(OC)c(OC)c1. The Morgan fingerprint density at radius 2 is 1.70 bits per heavy atom. The average molecular weight is 524 g/mol. The second kappa shape index (κ2) is 11.4. The molecule has 0 bridgehead atoms. The number of aromatic nitrogens is 2. The van der Waals surface area contributed by atoms with E-state index in [4.69, 9.17) is 23.9 Å². The summed E-state index contributed by atoms with van der Waals surface area (Å²) in [6.45, 7) is 3.88. The molecule has 1 atom stereocenters. The van der Waals surface area contributed by atoms with Crippen LogP contribution in [-0.4, -0.2) is 49.6 Å². The van der Waals surface area contributed by atoms with E-state index >= 15 is 0 Å². The third kappa shape index (κ3) is 5.01. The zero-order valence-electron chi connectivity index (χ0n) is 21.3. The van der Waals surface area contributed by atoms with Gasteiger partial charge in [-0.2, -0.15) is 0 Å². The molecule has 0 saturated carbocycles. The Morgan fingerprint density at radius 1 is 1.03 bits per heavy atom. The zero-order valence-corrected chi connectivity index (χ0v) is 22.2. The van der Waals surface area contributed by atoms with E-state index in [0.29, 0.717) is 39.5 Å². The van der Waals surface area contributed by atoms with Crippen molar-refractivity contribution >= 4 is 29.2 Å². The van der Waals surface area contributed by atoms with E-state index in [1.54, 1.807) is 19.1 Å². The molecule has 2 heterocycles. The summed E-state index contributed by atoms with van der Waals surface area (Å²) < 4.78 is 22.1. The van der Waals surface area contributed by atoms with E-state index in [9.17, 15) is 9.59 Å². The summed E-state index contributed by atoms with van der Waals surface area (Å²) >= 11 is 1.42. The van der Waals surface area contributed by atoms with E-state index < -0.39 is 11.9 Å². The van der Waals surface area contributed by atoms with Crippen LogP contribution in [0.15, 0.2) is 58.0 Å². The predicted molar refractivity (Wildman–Crippen MR) is 143 cm³/mol. The molecule has 1 aromatic heterocycles. The van der Waals surface area contributed by atoms with Crippen molar-refractivity contribution in [1.29, 1.82) is 0 Å². The lowest BCUT2D eigenvalue weighted by Gasteiger charge is -2.30. The minimum atomic E-state index is -0.837. The quantitative estimate of drug-likeness (QED) is 0.239. The molecule has 0 aliphatic carbocycles. The number of aromatic amines is 1. The summed E-state index contributed by atoms with van der Waals surface area (Å²) in [5.74, 6) is 0.890. The first-order valence-corrected chi connectivity index (χ1v) is 12.8. The van der Waals surface area contributed by atoms with Gasteiger partial charge in [-0.3, -0.25) is 4.79 Å². The third-order valence-electron chi connectivity index (χ3n) is 5.88. The lowest BCUT2D eigenvalue weighted by atomic mass is 9.80. The zero-order chi connectivity index (χ0) is 26.5. The first kappa shape index (κ1) is 26.2. The first-order chi connectivity index (χ1) is 18.0. The number of anilines is 1. The molecule has 1 aliphatic rings. The molecule has 0 radical (unpaired) electrons. The average Bonchev–Trinajstić information content (AvgIpc) is 2.91. The van der Waals surface area contributed by atoms with Gasteiger partial charge in [0, 0.05) is 0 Å². The van der Waals surface area contributed by atoms with Crippen LogP contribution in [0.5, 0.6) is 17.2 Å². The van der Waals surface area contributed by atoms with Gasteiger partial charge in [-0.15, -0.1) is 0 Å². The number of nitrogens with zero attached hydrogens (tertiary/aromatic N) is 1. The maximum absolute atomic E-state index is 13.5. The fourth-order valence-corrected chi connectivity index (χ4v) is 4.96. The highest BCUT2D eigenvalue weighted by Crippen LogP contribution is 2.47. The molecule has 0 fully saturated rings. The van der Waals surface area contributed by atoms with Gasteiger partial charge in [0.25, 0.3) is 5.56 Å². The van der Waals surface area contributed by atoms with Gasteiger partial charge in [-0.25, -0.2) is 9.78 Å². The van der Waals surface area contributed by atoms with Gasteiger partial charge in [0.05, 0.1) is 50.7 Å². The number of nitrogens with one attached hydrogen (secondary N) is 2. The Hall–Kier alpha value is -3.92. The van der Waals surface area contributed by atoms with Crippen LogP contribution in [0.1, 0.15) is 36.5 Å². The fourth-order valence-electron chi connectivity index (χ4n) is 4.37. The first-order valence-electron chi connectivity index (χ1n) is 11.8. The second-order valence-corrected chi connectivity index (χ2v) is 9.21. The highest BCUT2D eigenvalue weighted by atomic mass is 32.2. The molecule has 1 aliphatic heterocycles. The number of esters is 1. The minimum absolute atomic E-state index is 0.167. The lowest BCUT2D eigenvalue weighted by molar-refractivity contribution is -0.138. The molecule has 2 N–H and O–H groups in total. The molecule has 3 aromatic rings. The van der Waals surface area contributed by atoms with Crippen LogP contribution in [-0.2, 0) is 9.53 Å². The molecule has 194 valence electrons. The van der Waals surface area contributed by atoms with Crippen LogP contribution in [0.3, 0.4) is 0 Å². The third-order valence-corrected chi connectivity index (χ3v) is 6.64. The number of thioether (sulfide) groups is 1. The molecule has 0 spiro atoms. The summed E-state index contributed by atoms with van der Waals surface area (Å²) in [5, 5.41) is 3.75. The molecular formula is C27H29N3O6S. The molecule has 0 saturated heterocycles. The van der Waals surface area contributed by atoms with Crippen molar-refractivity contribution < 1.29 is 23.7 Å². The fraction of sp³-hybridized carbons (Fsp3) is 0.296. The van der Waals surface area contributed by atoms with E-state index in [0.717, 1.165) is 11.3 Å². The van der Waals surface area contributed by atoms with E-state index in [2.05, 4.69) is 10.3 Å². The number of hydrogen-bond acceptors (Lipinski definition) is 9. The number of carbonyl (C=O) groups excluding carboxylic acids is 1. The van der Waals surface area contributed by atoms with Gasteiger partial charge in [0.1, 0.15) is 5.82 Å². The van der Waals surface area contributed by atoms with Gasteiger partial charge >= 0.3 is 5.97 Å². The summed E-state index contributed by atoms with van der Waals surface area (Å²) in [6, 6.07) is 12.9. The Bertz CT molecular complexity index is 1360. The summed E-state index contributed by atoms with van der Waals surface area (Å²) in [5.41, 5.74) is 2.05. The monoisotopic (exact) mass is 523 g/mol. The Kier molecular flexibility index (Phi) is 8.08. The minimum Gasteiger partial charge on any atom is -0.493 e. The Balaban J connectivity index is 2.09. The van der Waals surface area contributed by atoms with Gasteiger partial charge in [-0.05, 0) is 35.9 Å². The predicted octanol–water partition coefficient (Wildman–Crippen LogP) is 4.44. The smallest absolute Gasteiger partial charge is 0.337 e. The number of ether oxygens (including phenoxy) is 4. The molecule has 2 aromatic carbocycles. The van der Waals surface area contributed by atoms with E-state index in [-0.39, 0.29) is 23.3 Å². The van der Waals surface area contributed by atoms with E-state index in [1.807, 2.05) is 37.3 Å². The summed E-state index contributed by atoms with van der Waals surface area (Å²) in [4.78, 5) is 34.6. The molecule has 9 nitrogen and oxygen atoms in total. The Labute approximate surface area is 219 Å². The number of benzene rings is 2. The second-order valence-electron chi connectivity index (χ2n) is 7.96. The van der Waals surface area contributed by atoms with Crippen molar-refractivity contribution in [2.24, 2.45) is 0 Å². The number of carbonyl (C=O) groups is 1.